The van der Waals surface area contributed by atoms with Crippen molar-refractivity contribution in [2.24, 2.45) is 0 Å². The third kappa shape index (κ3) is 2.65. The first-order valence-corrected chi connectivity index (χ1v) is 6.96. The molecule has 3 aromatic rings. The van der Waals surface area contributed by atoms with Crippen molar-refractivity contribution in [2.45, 2.75) is 19.9 Å². The van der Waals surface area contributed by atoms with Gasteiger partial charge in [-0.1, -0.05) is 0 Å². The van der Waals surface area contributed by atoms with E-state index in [-0.39, 0.29) is 6.04 Å². The van der Waals surface area contributed by atoms with E-state index in [1.807, 2.05) is 49.8 Å². The molecule has 0 saturated heterocycles. The molecule has 0 radical (unpaired) electrons. The Morgan fingerprint density at radius 1 is 1.10 bits per heavy atom. The second-order valence-electron chi connectivity index (χ2n) is 5.22. The fourth-order valence-electron chi connectivity index (χ4n) is 2.46. The van der Waals surface area contributed by atoms with Gasteiger partial charge in [-0.2, -0.15) is 0 Å². The van der Waals surface area contributed by atoms with Gasteiger partial charge < -0.3 is 11.1 Å². The second kappa shape index (κ2) is 5.40. The number of aryl methyl sites for hydroxylation is 1. The minimum absolute atomic E-state index is 0.188. The molecule has 106 valence electrons. The molecule has 0 bridgehead atoms. The van der Waals surface area contributed by atoms with Crippen molar-refractivity contribution < 1.29 is 0 Å². The normalized spacial score (nSPS) is 12.3. The predicted octanol–water partition coefficient (Wildman–Crippen LogP) is 3.69. The summed E-state index contributed by atoms with van der Waals surface area (Å²) in [5.74, 6) is 0. The van der Waals surface area contributed by atoms with E-state index in [0.29, 0.717) is 0 Å². The molecule has 2 aromatic heterocycles. The topological polar surface area (TPSA) is 63.8 Å². The molecule has 0 spiro atoms. The molecule has 4 nitrogen and oxygen atoms in total. The van der Waals surface area contributed by atoms with Crippen molar-refractivity contribution in [1.82, 2.24) is 9.97 Å². The predicted molar refractivity (Wildman–Crippen MR) is 87.2 cm³/mol. The first-order valence-electron chi connectivity index (χ1n) is 6.96. The average molecular weight is 278 g/mol. The van der Waals surface area contributed by atoms with Crippen molar-refractivity contribution in [3.05, 3.63) is 60.2 Å². The molecular formula is C17H18N4. The maximum Gasteiger partial charge on any atom is 0.0486 e. The van der Waals surface area contributed by atoms with Crippen LogP contribution >= 0.6 is 0 Å². The van der Waals surface area contributed by atoms with Crippen LogP contribution in [0.1, 0.15) is 24.2 Å². The van der Waals surface area contributed by atoms with E-state index < -0.39 is 0 Å². The molecule has 1 unspecified atom stereocenters. The molecule has 1 atom stereocenters. The standard InChI is InChI=1S/C17H18N4/c1-11-9-14-15(10-20-11)16(18)3-4-17(14)21-12(2)13-5-7-19-8-6-13/h3-10,12,21H,18H2,1-2H3. The van der Waals surface area contributed by atoms with Crippen LogP contribution in [0.2, 0.25) is 0 Å². The SMILES string of the molecule is Cc1cc2c(NC(C)c3ccncc3)ccc(N)c2cn1. The van der Waals surface area contributed by atoms with Crippen LogP contribution in [0.3, 0.4) is 0 Å². The average Bonchev–Trinajstić information content (AvgIpc) is 2.51. The van der Waals surface area contributed by atoms with Gasteiger partial charge in [-0.25, -0.2) is 0 Å². The number of nitrogens with zero attached hydrogens (tertiary/aromatic N) is 2. The van der Waals surface area contributed by atoms with E-state index in [1.165, 1.54) is 5.56 Å². The van der Waals surface area contributed by atoms with Gasteiger partial charge in [0, 0.05) is 52.5 Å². The highest BCUT2D eigenvalue weighted by molar-refractivity contribution is 6.00. The van der Waals surface area contributed by atoms with Gasteiger partial charge in [0.05, 0.1) is 0 Å². The molecule has 0 saturated carbocycles. The van der Waals surface area contributed by atoms with Gasteiger partial charge in [-0.05, 0) is 49.7 Å². The Bertz CT molecular complexity index is 768. The van der Waals surface area contributed by atoms with Crippen molar-refractivity contribution in [1.29, 1.82) is 0 Å². The van der Waals surface area contributed by atoms with E-state index in [9.17, 15) is 0 Å². The maximum atomic E-state index is 6.04. The lowest BCUT2D eigenvalue weighted by molar-refractivity contribution is 0.882. The highest BCUT2D eigenvalue weighted by Crippen LogP contribution is 2.30. The Kier molecular flexibility index (Phi) is 3.44. The number of nitrogens with one attached hydrogen (secondary N) is 1. The zero-order chi connectivity index (χ0) is 14.8. The Morgan fingerprint density at radius 3 is 2.62 bits per heavy atom. The zero-order valence-electron chi connectivity index (χ0n) is 12.2. The minimum Gasteiger partial charge on any atom is -0.398 e. The van der Waals surface area contributed by atoms with Crippen molar-refractivity contribution in [2.75, 3.05) is 11.1 Å². The van der Waals surface area contributed by atoms with Gasteiger partial charge in [0.2, 0.25) is 0 Å². The van der Waals surface area contributed by atoms with E-state index >= 15 is 0 Å². The van der Waals surface area contributed by atoms with Gasteiger partial charge in [0.25, 0.3) is 0 Å². The molecule has 0 fully saturated rings. The van der Waals surface area contributed by atoms with Crippen molar-refractivity contribution in [3.63, 3.8) is 0 Å². The number of pyridine rings is 2. The summed E-state index contributed by atoms with van der Waals surface area (Å²) in [7, 11) is 0. The lowest BCUT2D eigenvalue weighted by Crippen LogP contribution is -2.07. The summed E-state index contributed by atoms with van der Waals surface area (Å²) < 4.78 is 0. The van der Waals surface area contributed by atoms with Gasteiger partial charge in [-0.3, -0.25) is 9.97 Å². The molecule has 1 aromatic carbocycles. The summed E-state index contributed by atoms with van der Waals surface area (Å²) in [6, 6.07) is 10.2. The maximum absolute atomic E-state index is 6.04. The summed E-state index contributed by atoms with van der Waals surface area (Å²) in [5, 5.41) is 5.62. The number of benzene rings is 1. The first kappa shape index (κ1) is 13.4. The Balaban J connectivity index is 2.01. The number of aromatic nitrogens is 2. The highest BCUT2D eigenvalue weighted by atomic mass is 14.9. The van der Waals surface area contributed by atoms with E-state index in [2.05, 4.69) is 28.3 Å². The third-order valence-corrected chi connectivity index (χ3v) is 3.65. The molecule has 2 heterocycles. The smallest absolute Gasteiger partial charge is 0.0486 e. The number of hydrogen-bond donors (Lipinski definition) is 2. The number of nitrogen functional groups attached to an aromatic ring is 1. The summed E-state index contributed by atoms with van der Waals surface area (Å²) >= 11 is 0. The second-order valence-corrected chi connectivity index (χ2v) is 5.22. The van der Waals surface area contributed by atoms with E-state index in [1.54, 1.807) is 0 Å². The van der Waals surface area contributed by atoms with Crippen LogP contribution in [0, 0.1) is 6.92 Å². The van der Waals surface area contributed by atoms with Gasteiger partial charge in [-0.15, -0.1) is 0 Å². The van der Waals surface area contributed by atoms with Crippen LogP contribution in [-0.2, 0) is 0 Å². The van der Waals surface area contributed by atoms with Gasteiger partial charge >= 0.3 is 0 Å². The summed E-state index contributed by atoms with van der Waals surface area (Å²) in [6.07, 6.45) is 5.45. The largest absolute Gasteiger partial charge is 0.398 e. The van der Waals surface area contributed by atoms with Crippen molar-refractivity contribution in [3.8, 4) is 0 Å². The molecular weight excluding hydrogens is 260 g/mol. The van der Waals surface area contributed by atoms with Crippen LogP contribution in [0.25, 0.3) is 10.8 Å². The Morgan fingerprint density at radius 2 is 1.86 bits per heavy atom. The fraction of sp³-hybridized carbons (Fsp3) is 0.176. The Hall–Kier alpha value is -2.62. The summed E-state index contributed by atoms with van der Waals surface area (Å²) in [5.41, 5.74) is 10.0. The molecule has 0 aliphatic rings. The van der Waals surface area contributed by atoms with Crippen LogP contribution in [-0.4, -0.2) is 9.97 Å². The zero-order valence-corrected chi connectivity index (χ0v) is 12.2. The number of hydrogen-bond acceptors (Lipinski definition) is 4. The summed E-state index contributed by atoms with van der Waals surface area (Å²) in [6.45, 7) is 4.12. The minimum atomic E-state index is 0.188. The van der Waals surface area contributed by atoms with Crippen LogP contribution < -0.4 is 11.1 Å². The van der Waals surface area contributed by atoms with Crippen LogP contribution in [0.15, 0.2) is 48.9 Å². The van der Waals surface area contributed by atoms with Crippen molar-refractivity contribution >= 4 is 22.1 Å². The quantitative estimate of drug-likeness (QED) is 0.717. The molecule has 3 rings (SSSR count). The van der Waals surface area contributed by atoms with Crippen LogP contribution in [0.5, 0.6) is 0 Å². The lowest BCUT2D eigenvalue weighted by atomic mass is 10.1. The Labute approximate surface area is 124 Å². The summed E-state index contributed by atoms with van der Waals surface area (Å²) in [4.78, 5) is 8.39. The number of fused-ring (bicyclic) bond motifs is 1. The number of rotatable bonds is 3. The number of anilines is 2. The molecule has 21 heavy (non-hydrogen) atoms. The van der Waals surface area contributed by atoms with Gasteiger partial charge in [0.15, 0.2) is 0 Å². The molecule has 0 aliphatic heterocycles. The van der Waals surface area contributed by atoms with Gasteiger partial charge in [0.1, 0.15) is 0 Å². The third-order valence-electron chi connectivity index (χ3n) is 3.65. The lowest BCUT2D eigenvalue weighted by Gasteiger charge is -2.18. The first-order chi connectivity index (χ1) is 10.1. The number of nitrogens with two attached hydrogens (primary N) is 1. The van der Waals surface area contributed by atoms with Crippen LogP contribution in [0.4, 0.5) is 11.4 Å². The molecule has 4 heteroatoms. The highest BCUT2D eigenvalue weighted by Gasteiger charge is 2.09. The van der Waals surface area contributed by atoms with E-state index in [4.69, 9.17) is 5.73 Å². The fourth-order valence-corrected chi connectivity index (χ4v) is 2.46. The molecule has 0 amide bonds. The molecule has 3 N–H and O–H groups in total. The molecule has 0 aliphatic carbocycles. The van der Waals surface area contributed by atoms with E-state index in [0.717, 1.165) is 27.8 Å². The monoisotopic (exact) mass is 278 g/mol.